The monoisotopic (exact) mass is 280 g/mol. The van der Waals surface area contributed by atoms with Crippen LogP contribution in [-0.4, -0.2) is 46.0 Å². The van der Waals surface area contributed by atoms with Gasteiger partial charge in [0.05, 0.1) is 19.1 Å². The van der Waals surface area contributed by atoms with Crippen molar-refractivity contribution in [3.05, 3.63) is 24.2 Å². The van der Waals surface area contributed by atoms with Gasteiger partial charge in [-0.1, -0.05) is 0 Å². The highest BCUT2D eigenvalue weighted by atomic mass is 16.4. The van der Waals surface area contributed by atoms with Crippen LogP contribution in [0.1, 0.15) is 31.7 Å². The number of carboxylic acid groups (broad SMARTS) is 1. The SMILES string of the molecule is CN(Cc1ccoc1)C(=O)N1CCCCC1(C)C(=O)O. The third-order valence-corrected chi connectivity index (χ3v) is 3.91. The number of amides is 2. The summed E-state index contributed by atoms with van der Waals surface area (Å²) < 4.78 is 4.97. The van der Waals surface area contributed by atoms with Gasteiger partial charge >= 0.3 is 12.0 Å². The van der Waals surface area contributed by atoms with Gasteiger partial charge in [0.1, 0.15) is 5.54 Å². The van der Waals surface area contributed by atoms with Gasteiger partial charge in [-0.25, -0.2) is 9.59 Å². The Balaban J connectivity index is 2.11. The molecule has 20 heavy (non-hydrogen) atoms. The maximum absolute atomic E-state index is 12.5. The molecule has 1 aliphatic heterocycles. The van der Waals surface area contributed by atoms with Crippen molar-refractivity contribution in [2.45, 2.75) is 38.3 Å². The van der Waals surface area contributed by atoms with Gasteiger partial charge in [0, 0.05) is 19.2 Å². The highest BCUT2D eigenvalue weighted by Gasteiger charge is 2.44. The maximum atomic E-state index is 12.5. The van der Waals surface area contributed by atoms with Crippen LogP contribution in [0, 0.1) is 0 Å². The summed E-state index contributed by atoms with van der Waals surface area (Å²) in [5, 5.41) is 9.43. The van der Waals surface area contributed by atoms with Crippen LogP contribution in [0.25, 0.3) is 0 Å². The zero-order valence-electron chi connectivity index (χ0n) is 11.8. The lowest BCUT2D eigenvalue weighted by Gasteiger charge is -2.43. The lowest BCUT2D eigenvalue weighted by atomic mass is 9.89. The summed E-state index contributed by atoms with van der Waals surface area (Å²) in [4.78, 5) is 27.0. The number of hydrogen-bond acceptors (Lipinski definition) is 3. The van der Waals surface area contributed by atoms with Crippen LogP contribution >= 0.6 is 0 Å². The molecule has 110 valence electrons. The van der Waals surface area contributed by atoms with E-state index in [0.717, 1.165) is 18.4 Å². The summed E-state index contributed by atoms with van der Waals surface area (Å²) >= 11 is 0. The first-order valence-electron chi connectivity index (χ1n) is 6.72. The minimum Gasteiger partial charge on any atom is -0.480 e. The Kier molecular flexibility index (Phi) is 4.01. The number of carboxylic acids is 1. The number of furan rings is 1. The van der Waals surface area contributed by atoms with E-state index in [9.17, 15) is 14.7 Å². The van der Waals surface area contributed by atoms with Gasteiger partial charge in [-0.2, -0.15) is 0 Å². The number of carbonyl (C=O) groups is 2. The van der Waals surface area contributed by atoms with Crippen LogP contribution in [0.5, 0.6) is 0 Å². The third kappa shape index (κ3) is 2.64. The van der Waals surface area contributed by atoms with E-state index >= 15 is 0 Å². The van der Waals surface area contributed by atoms with Gasteiger partial charge in [0.15, 0.2) is 0 Å². The number of urea groups is 1. The van der Waals surface area contributed by atoms with E-state index in [1.807, 2.05) is 0 Å². The maximum Gasteiger partial charge on any atom is 0.329 e. The molecule has 1 aromatic rings. The van der Waals surface area contributed by atoms with Crippen molar-refractivity contribution in [2.75, 3.05) is 13.6 Å². The van der Waals surface area contributed by atoms with Gasteiger partial charge in [0.2, 0.25) is 0 Å². The average molecular weight is 280 g/mol. The number of aliphatic carboxylic acids is 1. The van der Waals surface area contributed by atoms with E-state index in [4.69, 9.17) is 4.42 Å². The third-order valence-electron chi connectivity index (χ3n) is 3.91. The van der Waals surface area contributed by atoms with E-state index in [2.05, 4.69) is 0 Å². The molecule has 1 unspecified atom stereocenters. The predicted molar refractivity (Wildman–Crippen MR) is 72.2 cm³/mol. The summed E-state index contributed by atoms with van der Waals surface area (Å²) in [6, 6.07) is 1.53. The van der Waals surface area contributed by atoms with Crippen LogP contribution in [0.15, 0.2) is 23.0 Å². The van der Waals surface area contributed by atoms with Gasteiger partial charge in [-0.05, 0) is 32.3 Å². The number of nitrogens with zero attached hydrogens (tertiary/aromatic N) is 2. The first-order chi connectivity index (χ1) is 9.45. The van der Waals surface area contributed by atoms with Crippen molar-refractivity contribution in [1.82, 2.24) is 9.80 Å². The van der Waals surface area contributed by atoms with Gasteiger partial charge in [-0.3, -0.25) is 0 Å². The zero-order chi connectivity index (χ0) is 14.8. The molecular weight excluding hydrogens is 260 g/mol. The van der Waals surface area contributed by atoms with Gasteiger partial charge < -0.3 is 19.3 Å². The molecule has 1 N–H and O–H groups in total. The molecule has 2 amide bonds. The average Bonchev–Trinajstić information content (AvgIpc) is 2.91. The highest BCUT2D eigenvalue weighted by molar-refractivity contribution is 5.86. The van der Waals surface area contributed by atoms with Crippen molar-refractivity contribution in [3.63, 3.8) is 0 Å². The second-order valence-electron chi connectivity index (χ2n) is 5.46. The lowest BCUT2D eigenvalue weighted by molar-refractivity contribution is -0.150. The number of carbonyl (C=O) groups excluding carboxylic acids is 1. The number of piperidine rings is 1. The molecule has 0 aliphatic carbocycles. The molecule has 0 bridgehead atoms. The molecule has 1 atom stereocenters. The first-order valence-corrected chi connectivity index (χ1v) is 6.72. The molecule has 0 spiro atoms. The minimum absolute atomic E-state index is 0.254. The Hall–Kier alpha value is -1.98. The molecule has 1 aromatic heterocycles. The molecular formula is C14H20N2O4. The molecule has 1 saturated heterocycles. The quantitative estimate of drug-likeness (QED) is 0.920. The predicted octanol–water partition coefficient (Wildman–Crippen LogP) is 2.16. The van der Waals surface area contributed by atoms with Crippen molar-refractivity contribution < 1.29 is 19.1 Å². The van der Waals surface area contributed by atoms with Crippen molar-refractivity contribution >= 4 is 12.0 Å². The molecule has 0 aromatic carbocycles. The Labute approximate surface area is 118 Å². The molecule has 0 saturated carbocycles. The standard InChI is InChI=1S/C14H20N2O4/c1-14(12(17)18)6-3-4-7-16(14)13(19)15(2)9-11-5-8-20-10-11/h5,8,10H,3-4,6-7,9H2,1-2H3,(H,17,18). The topological polar surface area (TPSA) is 74.0 Å². The highest BCUT2D eigenvalue weighted by Crippen LogP contribution is 2.29. The molecule has 0 radical (unpaired) electrons. The normalized spacial score (nSPS) is 22.6. The molecule has 2 heterocycles. The van der Waals surface area contributed by atoms with Crippen LogP contribution in [0.2, 0.25) is 0 Å². The van der Waals surface area contributed by atoms with Gasteiger partial charge in [-0.15, -0.1) is 0 Å². The van der Waals surface area contributed by atoms with E-state index < -0.39 is 11.5 Å². The Morgan fingerprint density at radius 2 is 2.25 bits per heavy atom. The fraction of sp³-hybridized carbons (Fsp3) is 0.571. The number of hydrogen-bond donors (Lipinski definition) is 1. The fourth-order valence-corrected chi connectivity index (χ4v) is 2.58. The van der Waals surface area contributed by atoms with Crippen LogP contribution in [0.4, 0.5) is 4.79 Å². The second kappa shape index (κ2) is 5.56. The lowest BCUT2D eigenvalue weighted by Crippen LogP contribution is -2.60. The minimum atomic E-state index is -1.11. The van der Waals surface area contributed by atoms with Crippen molar-refractivity contribution in [3.8, 4) is 0 Å². The summed E-state index contributed by atoms with van der Waals surface area (Å²) in [6.45, 7) is 2.51. The van der Waals surface area contributed by atoms with E-state index in [-0.39, 0.29) is 6.03 Å². The smallest absolute Gasteiger partial charge is 0.329 e. The molecule has 6 heteroatoms. The summed E-state index contributed by atoms with van der Waals surface area (Å²) in [7, 11) is 1.67. The molecule has 1 fully saturated rings. The Morgan fingerprint density at radius 3 is 2.85 bits per heavy atom. The van der Waals surface area contributed by atoms with Crippen LogP contribution < -0.4 is 0 Å². The first kappa shape index (κ1) is 14.4. The van der Waals surface area contributed by atoms with Crippen molar-refractivity contribution in [1.29, 1.82) is 0 Å². The van der Waals surface area contributed by atoms with Gasteiger partial charge in [0.25, 0.3) is 0 Å². The fourth-order valence-electron chi connectivity index (χ4n) is 2.58. The summed E-state index contributed by atoms with van der Waals surface area (Å²) in [5.41, 5.74) is -0.227. The summed E-state index contributed by atoms with van der Waals surface area (Å²) in [6.07, 6.45) is 5.30. The number of rotatable bonds is 3. The second-order valence-corrected chi connectivity index (χ2v) is 5.46. The van der Waals surface area contributed by atoms with Crippen LogP contribution in [-0.2, 0) is 11.3 Å². The summed E-state index contributed by atoms with van der Waals surface area (Å²) in [5.74, 6) is -0.942. The Morgan fingerprint density at radius 1 is 1.50 bits per heavy atom. The number of likely N-dealkylation sites (tertiary alicyclic amines) is 1. The van der Waals surface area contributed by atoms with Crippen molar-refractivity contribution in [2.24, 2.45) is 0 Å². The molecule has 1 aliphatic rings. The zero-order valence-corrected chi connectivity index (χ0v) is 11.8. The largest absolute Gasteiger partial charge is 0.480 e. The van der Waals surface area contributed by atoms with Crippen LogP contribution in [0.3, 0.4) is 0 Å². The van der Waals surface area contributed by atoms with E-state index in [1.165, 1.54) is 9.80 Å². The van der Waals surface area contributed by atoms with E-state index in [1.54, 1.807) is 32.6 Å². The van der Waals surface area contributed by atoms with E-state index in [0.29, 0.717) is 19.5 Å². The Bertz CT molecular complexity index is 485. The molecule has 6 nitrogen and oxygen atoms in total. The molecule has 2 rings (SSSR count).